The van der Waals surface area contributed by atoms with Crippen molar-refractivity contribution in [2.45, 2.75) is 44.1 Å². The van der Waals surface area contributed by atoms with Crippen molar-refractivity contribution >= 4 is 30.0 Å². The molecule has 0 amide bonds. The van der Waals surface area contributed by atoms with Crippen LogP contribution in [0.25, 0.3) is 0 Å². The molecule has 0 saturated carbocycles. The Bertz CT molecular complexity index is 977. The molecule has 4 atom stereocenters. The quantitative estimate of drug-likeness (QED) is 0.335. The van der Waals surface area contributed by atoms with Crippen LogP contribution in [0, 0.1) is 13.8 Å². The average Bonchev–Trinajstić information content (AvgIpc) is 3.14. The van der Waals surface area contributed by atoms with Gasteiger partial charge in [-0.15, -0.1) is 0 Å². The van der Waals surface area contributed by atoms with E-state index in [1.54, 1.807) is 0 Å². The summed E-state index contributed by atoms with van der Waals surface area (Å²) in [5.41, 5.74) is 8.35. The summed E-state index contributed by atoms with van der Waals surface area (Å²) in [6.45, 7) is 6.49. The van der Waals surface area contributed by atoms with Gasteiger partial charge in [-0.2, -0.15) is 17.7 Å². The lowest BCUT2D eigenvalue weighted by molar-refractivity contribution is -0.314. The van der Waals surface area contributed by atoms with Crippen LogP contribution in [0.4, 0.5) is 11.4 Å². The molecule has 0 spiro atoms. The minimum atomic E-state index is -0.949. The lowest BCUT2D eigenvalue weighted by Gasteiger charge is -2.53. The first kappa shape index (κ1) is 21.6. The molecule has 2 aromatic rings. The predicted octanol–water partition coefficient (Wildman–Crippen LogP) is 2.90. The van der Waals surface area contributed by atoms with Crippen LogP contribution in [0.3, 0.4) is 0 Å². The fraction of sp³-hybridized carbons (Fsp3) is 0.435. The van der Waals surface area contributed by atoms with E-state index in [1.165, 1.54) is 0 Å². The SMILES string of the molecule is Cc1cccc(C)c1[N+]1(CCCNc2cccc(C3N=NNC3S)c2)CCC1C(=O)[O-]. The zero-order valence-corrected chi connectivity index (χ0v) is 18.8. The summed E-state index contributed by atoms with van der Waals surface area (Å²) < 4.78 is 0.484. The van der Waals surface area contributed by atoms with Crippen molar-refractivity contribution in [2.24, 2.45) is 10.3 Å². The van der Waals surface area contributed by atoms with Crippen molar-refractivity contribution in [1.29, 1.82) is 0 Å². The number of rotatable bonds is 8. The van der Waals surface area contributed by atoms with Crippen LogP contribution in [0.1, 0.15) is 35.6 Å². The van der Waals surface area contributed by atoms with E-state index in [4.69, 9.17) is 0 Å². The topological polar surface area (TPSA) is 88.9 Å². The zero-order chi connectivity index (χ0) is 22.0. The summed E-state index contributed by atoms with van der Waals surface area (Å²) in [4.78, 5) is 11.9. The summed E-state index contributed by atoms with van der Waals surface area (Å²) in [6, 6.07) is 13.7. The highest BCUT2D eigenvalue weighted by Crippen LogP contribution is 2.40. The average molecular weight is 440 g/mol. The van der Waals surface area contributed by atoms with Gasteiger partial charge in [-0.3, -0.25) is 9.91 Å². The molecule has 2 N–H and O–H groups in total. The van der Waals surface area contributed by atoms with Gasteiger partial charge in [0.25, 0.3) is 0 Å². The molecule has 1 saturated heterocycles. The van der Waals surface area contributed by atoms with Crippen LogP contribution in [-0.2, 0) is 4.79 Å². The molecule has 7 nitrogen and oxygen atoms in total. The smallest absolute Gasteiger partial charge is 0.139 e. The van der Waals surface area contributed by atoms with Crippen molar-refractivity contribution in [3.63, 3.8) is 0 Å². The van der Waals surface area contributed by atoms with Gasteiger partial charge < -0.3 is 15.2 Å². The van der Waals surface area contributed by atoms with Gasteiger partial charge >= 0.3 is 0 Å². The van der Waals surface area contributed by atoms with Crippen molar-refractivity contribution < 1.29 is 9.90 Å². The monoisotopic (exact) mass is 439 g/mol. The number of benzene rings is 2. The predicted molar refractivity (Wildman–Crippen MR) is 124 cm³/mol. The van der Waals surface area contributed by atoms with E-state index in [-0.39, 0.29) is 11.4 Å². The number of carbonyl (C=O) groups excluding carboxylic acids is 1. The number of aryl methyl sites for hydroxylation is 2. The van der Waals surface area contributed by atoms with Gasteiger partial charge in [-0.25, -0.2) is 0 Å². The Morgan fingerprint density at radius 2 is 2.00 bits per heavy atom. The van der Waals surface area contributed by atoms with Crippen molar-refractivity contribution in [1.82, 2.24) is 9.91 Å². The molecular formula is C23H29N5O2S. The number of nitrogens with one attached hydrogen (secondary N) is 2. The largest absolute Gasteiger partial charge is 0.544 e. The first-order chi connectivity index (χ1) is 14.9. The third-order valence-corrected chi connectivity index (χ3v) is 6.92. The highest BCUT2D eigenvalue weighted by Gasteiger charge is 2.49. The van der Waals surface area contributed by atoms with E-state index >= 15 is 0 Å². The number of quaternary nitrogens is 1. The number of carboxylic acid groups (broad SMARTS) is 1. The van der Waals surface area contributed by atoms with Crippen LogP contribution in [0.5, 0.6) is 0 Å². The lowest BCUT2D eigenvalue weighted by Crippen LogP contribution is -2.72. The van der Waals surface area contributed by atoms with Crippen molar-refractivity contribution in [3.8, 4) is 0 Å². The molecule has 0 radical (unpaired) electrons. The second kappa shape index (κ2) is 8.88. The summed E-state index contributed by atoms with van der Waals surface area (Å²) in [7, 11) is 0. The van der Waals surface area contributed by atoms with Crippen LogP contribution in [-0.4, -0.2) is 37.0 Å². The van der Waals surface area contributed by atoms with Gasteiger partial charge in [-0.05, 0) is 31.5 Å². The number of carboxylic acids is 1. The van der Waals surface area contributed by atoms with E-state index in [0.29, 0.717) is 10.9 Å². The van der Waals surface area contributed by atoms with E-state index in [2.05, 4.69) is 65.8 Å². The molecule has 0 bridgehead atoms. The summed E-state index contributed by atoms with van der Waals surface area (Å²) in [6.07, 6.45) is 1.52. The van der Waals surface area contributed by atoms with E-state index < -0.39 is 12.0 Å². The van der Waals surface area contributed by atoms with Gasteiger partial charge in [0.15, 0.2) is 0 Å². The zero-order valence-electron chi connectivity index (χ0n) is 17.9. The molecule has 2 heterocycles. The number of anilines is 1. The first-order valence-electron chi connectivity index (χ1n) is 10.7. The fourth-order valence-corrected chi connectivity index (χ4v) is 5.29. The first-order valence-corrected chi connectivity index (χ1v) is 11.3. The Kier molecular flexibility index (Phi) is 6.20. The summed E-state index contributed by atoms with van der Waals surface area (Å²) in [5.74, 6) is -0.949. The molecule has 0 aromatic heterocycles. The van der Waals surface area contributed by atoms with Gasteiger partial charge in [0.05, 0.1) is 25.5 Å². The molecule has 2 aliphatic heterocycles. The molecule has 1 fully saturated rings. The maximum absolute atomic E-state index is 11.9. The van der Waals surface area contributed by atoms with E-state index in [1.807, 2.05) is 24.3 Å². The molecule has 8 heteroatoms. The number of nitrogens with zero attached hydrogens (tertiary/aromatic N) is 3. The Labute approximate surface area is 188 Å². The fourth-order valence-electron chi connectivity index (χ4n) is 5.01. The number of aliphatic carboxylic acids is 1. The molecule has 31 heavy (non-hydrogen) atoms. The van der Waals surface area contributed by atoms with Gasteiger partial charge in [-0.1, -0.05) is 35.6 Å². The molecule has 2 aliphatic rings. The highest BCUT2D eigenvalue weighted by molar-refractivity contribution is 7.80. The third-order valence-electron chi connectivity index (χ3n) is 6.52. The van der Waals surface area contributed by atoms with Crippen LogP contribution in [0.2, 0.25) is 0 Å². The minimum Gasteiger partial charge on any atom is -0.544 e. The minimum absolute atomic E-state index is 0.104. The number of para-hydroxylation sites is 1. The Morgan fingerprint density at radius 1 is 1.26 bits per heavy atom. The van der Waals surface area contributed by atoms with Crippen molar-refractivity contribution in [2.75, 3.05) is 25.0 Å². The van der Waals surface area contributed by atoms with Gasteiger partial charge in [0.1, 0.15) is 23.1 Å². The second-order valence-corrected chi connectivity index (χ2v) is 9.04. The number of thiol groups is 1. The Hall–Kier alpha value is -2.58. The highest BCUT2D eigenvalue weighted by atomic mass is 32.1. The molecule has 4 rings (SSSR count). The third kappa shape index (κ3) is 4.14. The van der Waals surface area contributed by atoms with Gasteiger partial charge in [0.2, 0.25) is 0 Å². The Morgan fingerprint density at radius 3 is 2.61 bits per heavy atom. The van der Waals surface area contributed by atoms with E-state index in [9.17, 15) is 9.90 Å². The number of carbonyl (C=O) groups is 1. The van der Waals surface area contributed by atoms with Crippen LogP contribution < -0.4 is 20.3 Å². The second-order valence-electron chi connectivity index (χ2n) is 8.49. The normalized spacial score (nSPS) is 26.9. The molecule has 164 valence electrons. The maximum atomic E-state index is 11.9. The van der Waals surface area contributed by atoms with Crippen molar-refractivity contribution in [3.05, 3.63) is 59.2 Å². The summed E-state index contributed by atoms with van der Waals surface area (Å²) in [5, 5.41) is 23.3. The molecule has 0 aliphatic carbocycles. The number of hydrogen-bond acceptors (Lipinski definition) is 7. The molecule has 4 unspecified atom stereocenters. The maximum Gasteiger partial charge on any atom is 0.139 e. The lowest BCUT2D eigenvalue weighted by atomic mass is 9.91. The van der Waals surface area contributed by atoms with Gasteiger partial charge in [0, 0.05) is 29.8 Å². The molecular weight excluding hydrogens is 410 g/mol. The molecule has 2 aromatic carbocycles. The van der Waals surface area contributed by atoms with Crippen LogP contribution >= 0.6 is 12.6 Å². The standard InChI is InChI=1S/C23H29N5O2S/c1-15-6-3-7-16(2)21(15)28(13-10-19(28)23(29)30)12-5-11-24-18-9-4-8-17(14-18)20-22(31)26-27-25-20/h3-4,6-9,14,19-20,22,24H,5,10-13H2,1-2H3,(H2-,25,26,29,30,31). The number of hydrogen-bond donors (Lipinski definition) is 3. The summed E-state index contributed by atoms with van der Waals surface area (Å²) >= 11 is 4.47. The van der Waals surface area contributed by atoms with E-state index in [0.717, 1.165) is 54.1 Å². The number of likely N-dealkylation sites (tertiary alicyclic amines) is 1. The Balaban J connectivity index is 1.44. The van der Waals surface area contributed by atoms with Crippen LogP contribution in [0.15, 0.2) is 52.8 Å².